The van der Waals surface area contributed by atoms with Gasteiger partial charge in [0, 0.05) is 0 Å². The Hall–Kier alpha value is -1.51. The van der Waals surface area contributed by atoms with E-state index in [-0.39, 0.29) is 16.0 Å². The summed E-state index contributed by atoms with van der Waals surface area (Å²) in [5.41, 5.74) is -0.249. The van der Waals surface area contributed by atoms with Gasteiger partial charge in [-0.3, -0.25) is 4.72 Å². The van der Waals surface area contributed by atoms with E-state index in [2.05, 4.69) is 9.97 Å². The summed E-state index contributed by atoms with van der Waals surface area (Å²) < 4.78 is 51.9. The van der Waals surface area contributed by atoms with Crippen LogP contribution in [-0.4, -0.2) is 18.4 Å². The second-order valence-corrected chi connectivity index (χ2v) is 5.91. The van der Waals surface area contributed by atoms with Crippen molar-refractivity contribution in [1.29, 1.82) is 0 Å². The number of anilines is 1. The van der Waals surface area contributed by atoms with Crippen LogP contribution in [-0.2, 0) is 10.0 Å². The molecule has 0 aliphatic carbocycles. The molecule has 0 atom stereocenters. The molecule has 0 amide bonds. The van der Waals surface area contributed by atoms with E-state index in [1.54, 1.807) is 0 Å². The zero-order valence-corrected chi connectivity index (χ0v) is 11.8. The van der Waals surface area contributed by atoms with E-state index in [0.29, 0.717) is 12.1 Å². The van der Waals surface area contributed by atoms with Crippen LogP contribution < -0.4 is 4.72 Å². The van der Waals surface area contributed by atoms with Crippen molar-refractivity contribution < 1.29 is 17.2 Å². The zero-order chi connectivity index (χ0) is 14.9. The Kier molecular flexibility index (Phi) is 4.07. The number of nitrogens with one attached hydrogen (secondary N) is 1. The van der Waals surface area contributed by atoms with Crippen LogP contribution in [0.5, 0.6) is 0 Å². The Balaban J connectivity index is 2.43. The molecule has 0 saturated heterocycles. The molecular formula is C10H5Cl2F2N3O2S. The second kappa shape index (κ2) is 5.47. The quantitative estimate of drug-likeness (QED) is 0.872. The number of sulfonamides is 1. The lowest BCUT2D eigenvalue weighted by atomic mass is 10.3. The lowest BCUT2D eigenvalue weighted by molar-refractivity contribution is 0.504. The standard InChI is InChI=1S/C10H5Cl2F2N3O2S/c11-9-8(10(12)16-4-15-9)17-20(18,19)5-1-2-6(13)7(14)3-5/h1-4,17H. The molecule has 1 heterocycles. The summed E-state index contributed by atoms with van der Waals surface area (Å²) in [6.45, 7) is 0. The maximum atomic E-state index is 13.1. The molecule has 1 aromatic heterocycles. The van der Waals surface area contributed by atoms with Crippen molar-refractivity contribution >= 4 is 38.9 Å². The van der Waals surface area contributed by atoms with Gasteiger partial charge in [0.25, 0.3) is 10.0 Å². The van der Waals surface area contributed by atoms with Crippen molar-refractivity contribution in [2.45, 2.75) is 4.90 Å². The van der Waals surface area contributed by atoms with Gasteiger partial charge < -0.3 is 0 Å². The molecular weight excluding hydrogens is 335 g/mol. The Morgan fingerprint density at radius 3 is 2.20 bits per heavy atom. The smallest absolute Gasteiger partial charge is 0.262 e. The first kappa shape index (κ1) is 14.9. The van der Waals surface area contributed by atoms with Gasteiger partial charge in [-0.25, -0.2) is 27.2 Å². The van der Waals surface area contributed by atoms with Crippen molar-refractivity contribution in [2.75, 3.05) is 4.72 Å². The molecule has 0 unspecified atom stereocenters. The maximum absolute atomic E-state index is 13.1. The molecule has 0 aliphatic heterocycles. The molecule has 2 aromatic rings. The minimum Gasteiger partial charge on any atom is -0.274 e. The van der Waals surface area contributed by atoms with E-state index in [0.717, 1.165) is 12.4 Å². The summed E-state index contributed by atoms with van der Waals surface area (Å²) in [4.78, 5) is 6.62. The van der Waals surface area contributed by atoms with Crippen molar-refractivity contribution in [2.24, 2.45) is 0 Å². The number of hydrogen-bond acceptors (Lipinski definition) is 4. The number of halogens is 4. The van der Waals surface area contributed by atoms with Crippen molar-refractivity contribution in [1.82, 2.24) is 9.97 Å². The fraction of sp³-hybridized carbons (Fsp3) is 0. The first-order valence-electron chi connectivity index (χ1n) is 4.95. The summed E-state index contributed by atoms with van der Waals surface area (Å²) in [6, 6.07) is 2.12. The minimum absolute atomic E-state index is 0.226. The molecule has 2 rings (SSSR count). The van der Waals surface area contributed by atoms with Gasteiger partial charge in [0.1, 0.15) is 12.0 Å². The normalized spacial score (nSPS) is 11.4. The van der Waals surface area contributed by atoms with E-state index in [1.165, 1.54) is 0 Å². The van der Waals surface area contributed by atoms with E-state index in [4.69, 9.17) is 23.2 Å². The average molecular weight is 340 g/mol. The van der Waals surface area contributed by atoms with Gasteiger partial charge in [-0.2, -0.15) is 0 Å². The van der Waals surface area contributed by atoms with Gasteiger partial charge in [0.15, 0.2) is 21.9 Å². The van der Waals surface area contributed by atoms with Crippen LogP contribution >= 0.6 is 23.2 Å². The highest BCUT2D eigenvalue weighted by Gasteiger charge is 2.20. The number of rotatable bonds is 3. The third-order valence-electron chi connectivity index (χ3n) is 2.19. The van der Waals surface area contributed by atoms with Gasteiger partial charge in [-0.05, 0) is 18.2 Å². The third kappa shape index (κ3) is 2.97. The molecule has 106 valence electrons. The van der Waals surface area contributed by atoms with Gasteiger partial charge >= 0.3 is 0 Å². The molecule has 0 spiro atoms. The topological polar surface area (TPSA) is 72.0 Å². The van der Waals surface area contributed by atoms with Crippen molar-refractivity contribution in [3.05, 3.63) is 46.5 Å². The number of hydrogen-bond donors (Lipinski definition) is 1. The van der Waals surface area contributed by atoms with Gasteiger partial charge in [-0.1, -0.05) is 23.2 Å². The fourth-order valence-electron chi connectivity index (χ4n) is 1.27. The molecule has 20 heavy (non-hydrogen) atoms. The van der Waals surface area contributed by atoms with Crippen LogP contribution in [0.25, 0.3) is 0 Å². The van der Waals surface area contributed by atoms with Crippen molar-refractivity contribution in [3.63, 3.8) is 0 Å². The third-order valence-corrected chi connectivity index (χ3v) is 4.11. The highest BCUT2D eigenvalue weighted by Crippen LogP contribution is 2.28. The van der Waals surface area contributed by atoms with Gasteiger partial charge in [0.2, 0.25) is 0 Å². The Morgan fingerprint density at radius 2 is 1.65 bits per heavy atom. The molecule has 0 bridgehead atoms. The number of nitrogens with zero attached hydrogens (tertiary/aromatic N) is 2. The molecule has 5 nitrogen and oxygen atoms in total. The van der Waals surface area contributed by atoms with Crippen molar-refractivity contribution in [3.8, 4) is 0 Å². The zero-order valence-electron chi connectivity index (χ0n) is 9.44. The molecule has 0 radical (unpaired) electrons. The molecule has 1 aromatic carbocycles. The summed E-state index contributed by atoms with van der Waals surface area (Å²) >= 11 is 11.4. The number of benzene rings is 1. The van der Waals surface area contributed by atoms with Crippen LogP contribution in [0.2, 0.25) is 10.3 Å². The molecule has 0 aliphatic rings. The largest absolute Gasteiger partial charge is 0.274 e. The Morgan fingerprint density at radius 1 is 1.05 bits per heavy atom. The first-order chi connectivity index (χ1) is 9.31. The summed E-state index contributed by atoms with van der Waals surface area (Å²) in [7, 11) is -4.20. The van der Waals surface area contributed by atoms with Crippen LogP contribution in [0.1, 0.15) is 0 Å². The Bertz CT molecular complexity index is 751. The van der Waals surface area contributed by atoms with E-state index < -0.39 is 26.6 Å². The summed E-state index contributed by atoms with van der Waals surface area (Å²) in [5.74, 6) is -2.46. The van der Waals surface area contributed by atoms with Gasteiger partial charge in [0.05, 0.1) is 4.90 Å². The second-order valence-electron chi connectivity index (χ2n) is 3.51. The highest BCUT2D eigenvalue weighted by molar-refractivity contribution is 7.92. The molecule has 10 heteroatoms. The highest BCUT2D eigenvalue weighted by atomic mass is 35.5. The first-order valence-corrected chi connectivity index (χ1v) is 7.19. The van der Waals surface area contributed by atoms with Crippen LogP contribution in [0, 0.1) is 11.6 Å². The van der Waals surface area contributed by atoms with Crippen LogP contribution in [0.4, 0.5) is 14.5 Å². The number of aromatic nitrogens is 2. The minimum atomic E-state index is -4.20. The SMILES string of the molecule is O=S(=O)(Nc1c(Cl)ncnc1Cl)c1ccc(F)c(F)c1. The summed E-state index contributed by atoms with van der Waals surface area (Å²) in [5, 5.41) is -0.452. The lowest BCUT2D eigenvalue weighted by Crippen LogP contribution is -2.14. The lowest BCUT2D eigenvalue weighted by Gasteiger charge is -2.10. The monoisotopic (exact) mass is 339 g/mol. The van der Waals surface area contributed by atoms with Crippen LogP contribution in [0.15, 0.2) is 29.4 Å². The Labute approximate surface area is 122 Å². The summed E-state index contributed by atoms with van der Waals surface area (Å²) in [6.07, 6.45) is 1.04. The maximum Gasteiger partial charge on any atom is 0.262 e. The molecule has 0 saturated carbocycles. The van der Waals surface area contributed by atoms with E-state index in [9.17, 15) is 17.2 Å². The van der Waals surface area contributed by atoms with Gasteiger partial charge in [-0.15, -0.1) is 0 Å². The molecule has 1 N–H and O–H groups in total. The van der Waals surface area contributed by atoms with E-state index in [1.807, 2.05) is 4.72 Å². The average Bonchev–Trinajstić information content (AvgIpc) is 2.37. The molecule has 0 fully saturated rings. The van der Waals surface area contributed by atoms with Crippen LogP contribution in [0.3, 0.4) is 0 Å². The predicted octanol–water partition coefficient (Wildman–Crippen LogP) is 2.86. The fourth-order valence-corrected chi connectivity index (χ4v) is 2.87. The predicted molar refractivity (Wildman–Crippen MR) is 69.2 cm³/mol. The van der Waals surface area contributed by atoms with E-state index >= 15 is 0 Å².